The van der Waals surface area contributed by atoms with Crippen molar-refractivity contribution < 1.29 is 9.53 Å². The standard InChI is InChI=1S/C15H23N3O2/c1-13-3-5-14(6-4-13)20-12-7-15(19)16-18-10-8-17(2)9-11-18/h3-6H,7-12H2,1-2H3,(H,16,19). The van der Waals surface area contributed by atoms with E-state index in [0.717, 1.165) is 31.9 Å². The molecule has 0 aliphatic carbocycles. The van der Waals surface area contributed by atoms with Crippen molar-refractivity contribution in [2.24, 2.45) is 0 Å². The van der Waals surface area contributed by atoms with Crippen LogP contribution in [0.5, 0.6) is 5.75 Å². The Hall–Kier alpha value is -1.59. The van der Waals surface area contributed by atoms with Gasteiger partial charge in [0.2, 0.25) is 5.91 Å². The molecule has 20 heavy (non-hydrogen) atoms. The average molecular weight is 277 g/mol. The van der Waals surface area contributed by atoms with Crippen LogP contribution in [0.2, 0.25) is 0 Å². The number of amides is 1. The summed E-state index contributed by atoms with van der Waals surface area (Å²) >= 11 is 0. The van der Waals surface area contributed by atoms with Crippen molar-refractivity contribution in [3.05, 3.63) is 29.8 Å². The van der Waals surface area contributed by atoms with Gasteiger partial charge in [-0.05, 0) is 26.1 Å². The number of hydrogen-bond donors (Lipinski definition) is 1. The summed E-state index contributed by atoms with van der Waals surface area (Å²) in [5.74, 6) is 0.824. The first-order chi connectivity index (χ1) is 9.63. The van der Waals surface area contributed by atoms with Crippen LogP contribution in [0.3, 0.4) is 0 Å². The third kappa shape index (κ3) is 4.83. The van der Waals surface area contributed by atoms with Crippen LogP contribution in [0.1, 0.15) is 12.0 Å². The Labute approximate surface area is 120 Å². The second-order valence-corrected chi connectivity index (χ2v) is 5.24. The number of likely N-dealkylation sites (N-methyl/N-ethyl adjacent to an activating group) is 1. The van der Waals surface area contributed by atoms with Crippen LogP contribution in [-0.4, -0.2) is 55.6 Å². The summed E-state index contributed by atoms with van der Waals surface area (Å²) < 4.78 is 5.55. The van der Waals surface area contributed by atoms with E-state index in [2.05, 4.69) is 17.4 Å². The van der Waals surface area contributed by atoms with Gasteiger partial charge in [0.05, 0.1) is 13.0 Å². The molecule has 0 spiro atoms. The maximum atomic E-state index is 11.8. The maximum Gasteiger partial charge on any atom is 0.237 e. The minimum absolute atomic E-state index is 0.0154. The molecule has 0 unspecified atom stereocenters. The molecule has 0 bridgehead atoms. The topological polar surface area (TPSA) is 44.8 Å². The predicted octanol–water partition coefficient (Wildman–Crippen LogP) is 1.04. The molecule has 5 heteroatoms. The SMILES string of the molecule is Cc1ccc(OCCC(=O)NN2CCN(C)CC2)cc1. The molecule has 0 radical (unpaired) electrons. The number of hydrogen-bond acceptors (Lipinski definition) is 4. The smallest absolute Gasteiger partial charge is 0.237 e. The lowest BCUT2D eigenvalue weighted by Gasteiger charge is -2.32. The number of aryl methyl sites for hydroxylation is 1. The van der Waals surface area contributed by atoms with Gasteiger partial charge in [0.25, 0.3) is 0 Å². The molecule has 1 heterocycles. The molecule has 1 aliphatic rings. The quantitative estimate of drug-likeness (QED) is 0.873. The summed E-state index contributed by atoms with van der Waals surface area (Å²) in [6.45, 7) is 6.17. The van der Waals surface area contributed by atoms with Gasteiger partial charge in [-0.15, -0.1) is 0 Å². The highest BCUT2D eigenvalue weighted by Crippen LogP contribution is 2.11. The van der Waals surface area contributed by atoms with Gasteiger partial charge in [0.1, 0.15) is 5.75 Å². The Morgan fingerprint density at radius 2 is 1.85 bits per heavy atom. The lowest BCUT2D eigenvalue weighted by Crippen LogP contribution is -2.52. The van der Waals surface area contributed by atoms with E-state index in [9.17, 15) is 4.79 Å². The van der Waals surface area contributed by atoms with Crippen LogP contribution in [0, 0.1) is 6.92 Å². The van der Waals surface area contributed by atoms with Gasteiger partial charge in [-0.3, -0.25) is 10.2 Å². The molecule has 0 aromatic heterocycles. The van der Waals surface area contributed by atoms with Gasteiger partial charge in [0, 0.05) is 26.2 Å². The highest BCUT2D eigenvalue weighted by Gasteiger charge is 2.15. The van der Waals surface area contributed by atoms with Crippen molar-refractivity contribution in [3.8, 4) is 5.75 Å². The molecule has 1 aromatic carbocycles. The highest BCUT2D eigenvalue weighted by atomic mass is 16.5. The van der Waals surface area contributed by atoms with E-state index in [0.29, 0.717) is 13.0 Å². The molecule has 1 aliphatic heterocycles. The summed E-state index contributed by atoms with van der Waals surface area (Å²) in [6.07, 6.45) is 0.375. The first kappa shape index (κ1) is 14.8. The maximum absolute atomic E-state index is 11.8. The molecular formula is C15H23N3O2. The molecular weight excluding hydrogens is 254 g/mol. The summed E-state index contributed by atoms with van der Waals surface area (Å²) in [5.41, 5.74) is 4.12. The van der Waals surface area contributed by atoms with Gasteiger partial charge < -0.3 is 9.64 Å². The molecule has 2 rings (SSSR count). The zero-order chi connectivity index (χ0) is 14.4. The minimum atomic E-state index is 0.0154. The number of carbonyl (C=O) groups excluding carboxylic acids is 1. The molecule has 0 saturated carbocycles. The summed E-state index contributed by atoms with van der Waals surface area (Å²) in [6, 6.07) is 7.85. The van der Waals surface area contributed by atoms with E-state index in [-0.39, 0.29) is 5.91 Å². The van der Waals surface area contributed by atoms with Crippen LogP contribution in [0.15, 0.2) is 24.3 Å². The molecule has 1 aromatic rings. The number of nitrogens with zero attached hydrogens (tertiary/aromatic N) is 2. The number of nitrogens with one attached hydrogen (secondary N) is 1. The Bertz CT molecular complexity index is 425. The van der Waals surface area contributed by atoms with E-state index in [1.54, 1.807) is 0 Å². The van der Waals surface area contributed by atoms with Crippen molar-refractivity contribution in [2.75, 3.05) is 39.8 Å². The van der Waals surface area contributed by atoms with Crippen molar-refractivity contribution in [1.82, 2.24) is 15.3 Å². The lowest BCUT2D eigenvalue weighted by atomic mass is 10.2. The van der Waals surface area contributed by atoms with Crippen molar-refractivity contribution in [1.29, 1.82) is 0 Å². The molecule has 1 amide bonds. The van der Waals surface area contributed by atoms with E-state index < -0.39 is 0 Å². The Morgan fingerprint density at radius 1 is 1.20 bits per heavy atom. The van der Waals surface area contributed by atoms with Crippen LogP contribution < -0.4 is 10.2 Å². The van der Waals surface area contributed by atoms with Crippen LogP contribution >= 0.6 is 0 Å². The first-order valence-corrected chi connectivity index (χ1v) is 7.06. The van der Waals surface area contributed by atoms with E-state index in [1.165, 1.54) is 5.56 Å². The molecule has 110 valence electrons. The van der Waals surface area contributed by atoms with E-state index in [4.69, 9.17) is 4.74 Å². The van der Waals surface area contributed by atoms with Crippen molar-refractivity contribution >= 4 is 5.91 Å². The van der Waals surface area contributed by atoms with Gasteiger partial charge in [-0.1, -0.05) is 17.7 Å². The number of rotatable bonds is 5. The molecule has 1 fully saturated rings. The normalized spacial score (nSPS) is 16.9. The second kappa shape index (κ2) is 7.26. The largest absolute Gasteiger partial charge is 0.493 e. The number of carbonyl (C=O) groups is 1. The predicted molar refractivity (Wildman–Crippen MR) is 78.5 cm³/mol. The van der Waals surface area contributed by atoms with Crippen molar-refractivity contribution in [2.45, 2.75) is 13.3 Å². The summed E-state index contributed by atoms with van der Waals surface area (Å²) in [5, 5.41) is 1.98. The van der Waals surface area contributed by atoms with Gasteiger partial charge >= 0.3 is 0 Å². The number of piperazine rings is 1. The highest BCUT2D eigenvalue weighted by molar-refractivity contribution is 5.75. The second-order valence-electron chi connectivity index (χ2n) is 5.24. The number of ether oxygens (including phenoxy) is 1. The zero-order valence-corrected chi connectivity index (χ0v) is 12.3. The fourth-order valence-corrected chi connectivity index (χ4v) is 2.05. The number of benzene rings is 1. The Balaban J connectivity index is 1.64. The lowest BCUT2D eigenvalue weighted by molar-refractivity contribution is -0.127. The van der Waals surface area contributed by atoms with E-state index in [1.807, 2.05) is 36.2 Å². The van der Waals surface area contributed by atoms with Gasteiger partial charge in [-0.25, -0.2) is 5.01 Å². The van der Waals surface area contributed by atoms with Crippen LogP contribution in [0.4, 0.5) is 0 Å². The van der Waals surface area contributed by atoms with Gasteiger partial charge in [0.15, 0.2) is 0 Å². The molecule has 1 saturated heterocycles. The van der Waals surface area contributed by atoms with Crippen LogP contribution in [0.25, 0.3) is 0 Å². The van der Waals surface area contributed by atoms with Crippen molar-refractivity contribution in [3.63, 3.8) is 0 Å². The fraction of sp³-hybridized carbons (Fsp3) is 0.533. The Morgan fingerprint density at radius 3 is 2.50 bits per heavy atom. The average Bonchev–Trinajstić information content (AvgIpc) is 2.44. The zero-order valence-electron chi connectivity index (χ0n) is 12.3. The minimum Gasteiger partial charge on any atom is -0.493 e. The van der Waals surface area contributed by atoms with E-state index >= 15 is 0 Å². The number of hydrazine groups is 1. The first-order valence-electron chi connectivity index (χ1n) is 7.06. The Kier molecular flexibility index (Phi) is 5.38. The molecule has 5 nitrogen and oxygen atoms in total. The summed E-state index contributed by atoms with van der Waals surface area (Å²) in [7, 11) is 2.09. The third-order valence-corrected chi connectivity index (χ3v) is 3.40. The molecule has 1 N–H and O–H groups in total. The monoisotopic (exact) mass is 277 g/mol. The fourth-order valence-electron chi connectivity index (χ4n) is 2.05. The summed E-state index contributed by atoms with van der Waals surface area (Å²) in [4.78, 5) is 14.0. The van der Waals surface area contributed by atoms with Gasteiger partial charge in [-0.2, -0.15) is 0 Å². The third-order valence-electron chi connectivity index (χ3n) is 3.40. The van der Waals surface area contributed by atoms with Crippen LogP contribution in [-0.2, 0) is 4.79 Å². The molecule has 0 atom stereocenters.